The van der Waals surface area contributed by atoms with Crippen LogP contribution in [0.2, 0.25) is 0 Å². The number of nitrogens with one attached hydrogen (secondary N) is 2. The van der Waals surface area contributed by atoms with Crippen LogP contribution in [0.3, 0.4) is 0 Å². The van der Waals surface area contributed by atoms with Gasteiger partial charge in [0.25, 0.3) is 5.91 Å². The first-order valence-corrected chi connectivity index (χ1v) is 12.1. The number of nitrogens with zero attached hydrogens (tertiary/aromatic N) is 4. The topological polar surface area (TPSA) is 122 Å². The fourth-order valence-electron chi connectivity index (χ4n) is 3.59. The Hall–Kier alpha value is -3.05. The fraction of sp³-hybridized carbons (Fsp3) is 0.263. The predicted molar refractivity (Wildman–Crippen MR) is 113 cm³/mol. The standard InChI is InChI=1S/C19H18N6O3S2/c26-19(21-4-12-1-2-30(27,28)11-12)17-3-13(10-29-17)16-8-24-25-9-15(5-20-18(16)25)14-6-22-23-7-14/h3,5-10,12H,1-2,4,11H2,(H,21,26)(H,22,23). The summed E-state index contributed by atoms with van der Waals surface area (Å²) in [6.07, 6.45) is 9.49. The zero-order valence-corrected chi connectivity index (χ0v) is 17.4. The molecule has 1 aliphatic heterocycles. The van der Waals surface area contributed by atoms with E-state index in [2.05, 4.69) is 25.6 Å². The predicted octanol–water partition coefficient (Wildman–Crippen LogP) is 2.01. The van der Waals surface area contributed by atoms with Crippen molar-refractivity contribution in [3.05, 3.63) is 47.3 Å². The summed E-state index contributed by atoms with van der Waals surface area (Å²) in [5.41, 5.74) is 4.22. The zero-order valence-electron chi connectivity index (χ0n) is 15.8. The lowest BCUT2D eigenvalue weighted by Gasteiger charge is -2.08. The Morgan fingerprint density at radius 3 is 2.93 bits per heavy atom. The molecule has 1 saturated heterocycles. The molecule has 0 radical (unpaired) electrons. The molecule has 1 atom stereocenters. The molecule has 1 fully saturated rings. The van der Waals surface area contributed by atoms with Gasteiger partial charge in [-0.25, -0.2) is 17.9 Å². The third-order valence-corrected chi connectivity index (χ3v) is 7.97. The van der Waals surface area contributed by atoms with Gasteiger partial charge in [0.2, 0.25) is 0 Å². The zero-order chi connectivity index (χ0) is 20.7. The van der Waals surface area contributed by atoms with Crippen LogP contribution in [0.1, 0.15) is 16.1 Å². The van der Waals surface area contributed by atoms with E-state index in [1.807, 2.05) is 17.6 Å². The Labute approximate surface area is 176 Å². The van der Waals surface area contributed by atoms with Gasteiger partial charge in [-0.2, -0.15) is 10.2 Å². The van der Waals surface area contributed by atoms with Crippen molar-refractivity contribution in [2.45, 2.75) is 6.42 Å². The van der Waals surface area contributed by atoms with Gasteiger partial charge < -0.3 is 5.32 Å². The normalized spacial score (nSPS) is 18.1. The number of aromatic amines is 1. The molecule has 5 heterocycles. The van der Waals surface area contributed by atoms with E-state index < -0.39 is 9.84 Å². The summed E-state index contributed by atoms with van der Waals surface area (Å²) in [5.74, 6) is 0.160. The highest BCUT2D eigenvalue weighted by molar-refractivity contribution is 7.91. The van der Waals surface area contributed by atoms with Crippen molar-refractivity contribution in [1.82, 2.24) is 30.1 Å². The minimum atomic E-state index is -2.94. The average molecular weight is 443 g/mol. The van der Waals surface area contributed by atoms with Crippen molar-refractivity contribution in [2.75, 3.05) is 18.1 Å². The van der Waals surface area contributed by atoms with E-state index in [-0.39, 0.29) is 23.3 Å². The van der Waals surface area contributed by atoms with E-state index >= 15 is 0 Å². The number of amides is 1. The second-order valence-electron chi connectivity index (χ2n) is 7.33. The average Bonchev–Trinajstić information content (AvgIpc) is 3.50. The van der Waals surface area contributed by atoms with Gasteiger partial charge in [0, 0.05) is 41.8 Å². The Morgan fingerprint density at radius 2 is 2.17 bits per heavy atom. The molecule has 0 aromatic carbocycles. The summed E-state index contributed by atoms with van der Waals surface area (Å²) in [6, 6.07) is 1.81. The fourth-order valence-corrected chi connectivity index (χ4v) is 6.27. The number of fused-ring (bicyclic) bond motifs is 1. The Balaban J connectivity index is 1.32. The number of hydrogen-bond donors (Lipinski definition) is 2. The SMILES string of the molecule is O=C(NCC1CCS(=O)(=O)C1)c1cc(-c2cnn3cc(-c4cn[nH]c4)cnc23)cs1. The maximum absolute atomic E-state index is 12.5. The molecule has 0 aliphatic carbocycles. The van der Waals surface area contributed by atoms with Gasteiger partial charge in [-0.1, -0.05) is 0 Å². The highest BCUT2D eigenvalue weighted by Gasteiger charge is 2.28. The lowest BCUT2D eigenvalue weighted by molar-refractivity contribution is 0.0952. The first-order valence-electron chi connectivity index (χ1n) is 9.38. The molecule has 1 unspecified atom stereocenters. The maximum Gasteiger partial charge on any atom is 0.261 e. The largest absolute Gasteiger partial charge is 0.351 e. The van der Waals surface area contributed by atoms with E-state index in [1.54, 1.807) is 29.3 Å². The van der Waals surface area contributed by atoms with Crippen molar-refractivity contribution in [3.63, 3.8) is 0 Å². The summed E-state index contributed by atoms with van der Waals surface area (Å²) in [5, 5.41) is 15.9. The Morgan fingerprint density at radius 1 is 1.27 bits per heavy atom. The number of hydrogen-bond acceptors (Lipinski definition) is 7. The summed E-state index contributed by atoms with van der Waals surface area (Å²) < 4.78 is 24.8. The van der Waals surface area contributed by atoms with Gasteiger partial charge in [0.1, 0.15) is 0 Å². The lowest BCUT2D eigenvalue weighted by atomic mass is 10.1. The molecule has 0 saturated carbocycles. The van der Waals surface area contributed by atoms with Crippen LogP contribution < -0.4 is 5.32 Å². The minimum Gasteiger partial charge on any atom is -0.351 e. The van der Waals surface area contributed by atoms with Crippen molar-refractivity contribution in [2.24, 2.45) is 5.92 Å². The second-order valence-corrected chi connectivity index (χ2v) is 10.5. The van der Waals surface area contributed by atoms with Crippen LogP contribution in [-0.2, 0) is 9.84 Å². The molecular weight excluding hydrogens is 424 g/mol. The van der Waals surface area contributed by atoms with Crippen molar-refractivity contribution < 1.29 is 13.2 Å². The van der Waals surface area contributed by atoms with Crippen molar-refractivity contribution in [1.29, 1.82) is 0 Å². The van der Waals surface area contributed by atoms with E-state index in [0.29, 0.717) is 23.5 Å². The maximum atomic E-state index is 12.5. The molecular formula is C19H18N6O3S2. The number of carbonyl (C=O) groups is 1. The van der Waals surface area contributed by atoms with Crippen molar-refractivity contribution in [3.8, 4) is 22.3 Å². The molecule has 1 amide bonds. The molecule has 30 heavy (non-hydrogen) atoms. The smallest absolute Gasteiger partial charge is 0.261 e. The van der Waals surface area contributed by atoms with E-state index in [9.17, 15) is 13.2 Å². The molecule has 0 bridgehead atoms. The number of thiophene rings is 1. The summed E-state index contributed by atoms with van der Waals surface area (Å²) in [6.45, 7) is 0.375. The molecule has 0 spiro atoms. The highest BCUT2D eigenvalue weighted by Crippen LogP contribution is 2.29. The monoisotopic (exact) mass is 442 g/mol. The molecule has 1 aliphatic rings. The quantitative estimate of drug-likeness (QED) is 0.488. The third kappa shape index (κ3) is 3.61. The van der Waals surface area contributed by atoms with Gasteiger partial charge in [-0.05, 0) is 29.3 Å². The van der Waals surface area contributed by atoms with Gasteiger partial charge in [-0.15, -0.1) is 11.3 Å². The first kappa shape index (κ1) is 18.9. The molecule has 11 heteroatoms. The molecule has 2 N–H and O–H groups in total. The Bertz CT molecular complexity index is 1320. The summed E-state index contributed by atoms with van der Waals surface area (Å²) >= 11 is 1.34. The van der Waals surface area contributed by atoms with Crippen LogP contribution in [0.4, 0.5) is 0 Å². The third-order valence-electron chi connectivity index (χ3n) is 5.20. The van der Waals surface area contributed by atoms with Crippen molar-refractivity contribution >= 4 is 32.7 Å². The van der Waals surface area contributed by atoms with Crippen LogP contribution in [-0.4, -0.2) is 57.2 Å². The molecule has 154 valence electrons. The Kier molecular flexibility index (Phi) is 4.63. The van der Waals surface area contributed by atoms with Crippen LogP contribution in [0.25, 0.3) is 27.9 Å². The van der Waals surface area contributed by atoms with Crippen LogP contribution in [0.5, 0.6) is 0 Å². The second kappa shape index (κ2) is 7.33. The molecule has 4 aromatic heterocycles. The minimum absolute atomic E-state index is 0.00776. The van der Waals surface area contributed by atoms with E-state index in [1.165, 1.54) is 11.3 Å². The highest BCUT2D eigenvalue weighted by atomic mass is 32.2. The number of carbonyl (C=O) groups excluding carboxylic acids is 1. The van der Waals surface area contributed by atoms with Crippen LogP contribution in [0.15, 0.2) is 42.4 Å². The van der Waals surface area contributed by atoms with Crippen LogP contribution >= 0.6 is 11.3 Å². The van der Waals surface area contributed by atoms with E-state index in [0.717, 1.165) is 22.3 Å². The number of H-pyrrole nitrogens is 1. The lowest BCUT2D eigenvalue weighted by Crippen LogP contribution is -2.29. The van der Waals surface area contributed by atoms with Gasteiger partial charge >= 0.3 is 0 Å². The van der Waals surface area contributed by atoms with Gasteiger partial charge in [0.15, 0.2) is 15.5 Å². The summed E-state index contributed by atoms with van der Waals surface area (Å²) in [4.78, 5) is 17.6. The number of aromatic nitrogens is 5. The number of sulfone groups is 1. The first-order chi connectivity index (χ1) is 14.5. The molecule has 9 nitrogen and oxygen atoms in total. The van der Waals surface area contributed by atoms with Gasteiger partial charge in [0.05, 0.1) is 28.8 Å². The van der Waals surface area contributed by atoms with Gasteiger partial charge in [-0.3, -0.25) is 9.89 Å². The molecule has 5 rings (SSSR count). The van der Waals surface area contributed by atoms with E-state index in [4.69, 9.17) is 0 Å². The molecule has 4 aromatic rings. The van der Waals surface area contributed by atoms with Crippen LogP contribution in [0, 0.1) is 5.92 Å². The summed E-state index contributed by atoms with van der Waals surface area (Å²) in [7, 11) is -2.94. The number of rotatable bonds is 5.